The van der Waals surface area contributed by atoms with Crippen molar-refractivity contribution in [1.29, 1.82) is 0 Å². The van der Waals surface area contributed by atoms with E-state index < -0.39 is 0 Å². The predicted molar refractivity (Wildman–Crippen MR) is 157 cm³/mol. The van der Waals surface area contributed by atoms with Crippen molar-refractivity contribution in [1.82, 2.24) is 19.9 Å². The van der Waals surface area contributed by atoms with Gasteiger partial charge in [-0.05, 0) is 50.0 Å². The minimum Gasteiger partial charge on any atom is -0.399 e. The molecule has 3 aliphatic heterocycles. The molecule has 0 bridgehead atoms. The highest BCUT2D eigenvalue weighted by atomic mass is 32.1. The van der Waals surface area contributed by atoms with E-state index in [-0.39, 0.29) is 0 Å². The van der Waals surface area contributed by atoms with Crippen LogP contribution in [-0.4, -0.2) is 77.3 Å². The Morgan fingerprint density at radius 3 is 2.14 bits per heavy atom. The van der Waals surface area contributed by atoms with Crippen LogP contribution in [0.2, 0.25) is 0 Å². The number of nitrogens with two attached hydrogens (primary N) is 1. The Balaban J connectivity index is 1.10. The molecule has 1 aromatic carbocycles. The molecule has 3 aliphatic rings. The van der Waals surface area contributed by atoms with Gasteiger partial charge in [-0.15, -0.1) is 11.3 Å². The van der Waals surface area contributed by atoms with E-state index in [1.807, 2.05) is 29.6 Å². The van der Waals surface area contributed by atoms with E-state index in [9.17, 15) is 0 Å². The van der Waals surface area contributed by atoms with E-state index >= 15 is 0 Å². The first-order valence-electron chi connectivity index (χ1n) is 13.1. The maximum Gasteiger partial charge on any atom is 0.229 e. The summed E-state index contributed by atoms with van der Waals surface area (Å²) in [5.41, 5.74) is 8.57. The van der Waals surface area contributed by atoms with E-state index in [0.717, 1.165) is 92.0 Å². The number of hydrogen-bond acceptors (Lipinski definition) is 9. The molecule has 0 amide bonds. The second-order valence-electron chi connectivity index (χ2n) is 9.84. The van der Waals surface area contributed by atoms with Gasteiger partial charge < -0.3 is 30.7 Å². The number of aromatic nitrogens is 3. The summed E-state index contributed by atoms with van der Waals surface area (Å²) < 4.78 is 0. The van der Waals surface area contributed by atoms with Crippen LogP contribution in [0, 0.1) is 0 Å². The van der Waals surface area contributed by atoms with E-state index in [4.69, 9.17) is 32.9 Å². The van der Waals surface area contributed by atoms with Crippen LogP contribution in [0.25, 0.3) is 11.3 Å². The van der Waals surface area contributed by atoms with Crippen molar-refractivity contribution in [3.8, 4) is 11.3 Å². The van der Waals surface area contributed by atoms with Gasteiger partial charge >= 0.3 is 0 Å². The molecule has 11 heteroatoms. The number of thiocarbonyl (C=S) groups is 1. The Hall–Kier alpha value is -3.18. The lowest BCUT2D eigenvalue weighted by atomic mass is 10.1. The van der Waals surface area contributed by atoms with Crippen LogP contribution in [-0.2, 0) is 0 Å². The molecule has 3 aromatic rings. The largest absolute Gasteiger partial charge is 0.399 e. The van der Waals surface area contributed by atoms with Gasteiger partial charge in [0.05, 0.1) is 5.69 Å². The molecular weight excluding hydrogens is 502 g/mol. The second-order valence-corrected chi connectivity index (χ2v) is 11.1. The summed E-state index contributed by atoms with van der Waals surface area (Å²) in [7, 11) is 0. The van der Waals surface area contributed by atoms with Crippen molar-refractivity contribution in [3.63, 3.8) is 0 Å². The Bertz CT molecular complexity index is 1210. The first-order chi connectivity index (χ1) is 18.1. The number of nitrogens with one attached hydrogen (secondary N) is 1. The van der Waals surface area contributed by atoms with Crippen molar-refractivity contribution < 1.29 is 0 Å². The van der Waals surface area contributed by atoms with E-state index in [2.05, 4.69) is 31.0 Å². The third-order valence-corrected chi connectivity index (χ3v) is 8.42. The molecule has 0 atom stereocenters. The van der Waals surface area contributed by atoms with Crippen LogP contribution < -0.4 is 25.8 Å². The zero-order valence-corrected chi connectivity index (χ0v) is 22.6. The van der Waals surface area contributed by atoms with E-state index in [0.29, 0.717) is 5.11 Å². The normalized spacial score (nSPS) is 18.1. The van der Waals surface area contributed by atoms with E-state index in [1.165, 1.54) is 25.7 Å². The van der Waals surface area contributed by atoms with Crippen molar-refractivity contribution in [2.75, 3.05) is 78.1 Å². The van der Waals surface area contributed by atoms with Crippen LogP contribution in [0.3, 0.4) is 0 Å². The molecular formula is C26H33N9S2. The van der Waals surface area contributed by atoms with Gasteiger partial charge in [-0.1, -0.05) is 12.1 Å². The highest BCUT2D eigenvalue weighted by Gasteiger charge is 2.25. The minimum atomic E-state index is 0.714. The number of thiazole rings is 1. The molecule has 3 N–H and O–H groups in total. The van der Waals surface area contributed by atoms with Crippen LogP contribution in [0.5, 0.6) is 0 Å². The SMILES string of the molecule is Nc1cccc(-c2csc(NC(=S)N3CCN(c4cc(N5CCCC5)nc(N5CCCC5)n4)CC3)n2)c1. The van der Waals surface area contributed by atoms with Gasteiger partial charge in [0.1, 0.15) is 11.6 Å². The molecule has 0 aliphatic carbocycles. The smallest absolute Gasteiger partial charge is 0.229 e. The number of nitrogen functional groups attached to an aromatic ring is 1. The number of piperazine rings is 1. The predicted octanol–water partition coefficient (Wildman–Crippen LogP) is 3.90. The standard InChI is InChI=1S/C26H33N9S2/c27-20-7-5-6-19(16-20)21-18-37-25(28-21)31-26(36)35-14-12-33(13-15-35)23-17-22(32-8-1-2-9-32)29-24(30-23)34-10-3-4-11-34/h5-7,16-18H,1-4,8-15,27H2,(H,28,31,36). The minimum absolute atomic E-state index is 0.714. The zero-order valence-electron chi connectivity index (χ0n) is 21.0. The number of anilines is 5. The molecule has 0 saturated carbocycles. The zero-order chi connectivity index (χ0) is 25.2. The average molecular weight is 536 g/mol. The number of hydrogen-bond donors (Lipinski definition) is 2. The monoisotopic (exact) mass is 535 g/mol. The molecule has 0 radical (unpaired) electrons. The van der Waals surface area contributed by atoms with Crippen LogP contribution in [0.4, 0.5) is 28.4 Å². The Kier molecular flexibility index (Phi) is 6.97. The number of benzene rings is 1. The fourth-order valence-corrected chi connectivity index (χ4v) is 6.27. The molecule has 6 rings (SSSR count). The van der Waals surface area contributed by atoms with E-state index in [1.54, 1.807) is 11.3 Å². The summed E-state index contributed by atoms with van der Waals surface area (Å²) in [6.07, 6.45) is 4.91. The molecule has 2 aromatic heterocycles. The van der Waals surface area contributed by atoms with Crippen molar-refractivity contribution in [3.05, 3.63) is 35.7 Å². The lowest BCUT2D eigenvalue weighted by Crippen LogP contribution is -2.50. The molecule has 9 nitrogen and oxygen atoms in total. The van der Waals surface area contributed by atoms with Gasteiger partial charge in [0.25, 0.3) is 0 Å². The molecule has 37 heavy (non-hydrogen) atoms. The summed E-state index contributed by atoms with van der Waals surface area (Å²) in [6, 6.07) is 9.97. The molecule has 0 spiro atoms. The van der Waals surface area contributed by atoms with Gasteiger partial charge in [0.2, 0.25) is 5.95 Å². The lowest BCUT2D eigenvalue weighted by molar-refractivity contribution is 0.389. The maximum atomic E-state index is 5.93. The first-order valence-corrected chi connectivity index (χ1v) is 14.4. The van der Waals surface area contributed by atoms with Gasteiger partial charge in [-0.2, -0.15) is 9.97 Å². The van der Waals surface area contributed by atoms with Crippen LogP contribution in [0.15, 0.2) is 35.7 Å². The summed E-state index contributed by atoms with van der Waals surface area (Å²) in [5, 5.41) is 6.88. The molecule has 0 unspecified atom stereocenters. The maximum absolute atomic E-state index is 5.93. The fraction of sp³-hybridized carbons (Fsp3) is 0.462. The molecule has 3 saturated heterocycles. The van der Waals surface area contributed by atoms with Crippen LogP contribution in [0.1, 0.15) is 25.7 Å². The summed E-state index contributed by atoms with van der Waals surface area (Å²) in [6.45, 7) is 7.66. The Morgan fingerprint density at radius 2 is 1.46 bits per heavy atom. The van der Waals surface area contributed by atoms with Gasteiger partial charge in [0, 0.05) is 75.1 Å². The van der Waals surface area contributed by atoms with Crippen molar-refractivity contribution >= 4 is 57.1 Å². The first kappa shape index (κ1) is 24.2. The highest BCUT2D eigenvalue weighted by molar-refractivity contribution is 7.80. The second kappa shape index (κ2) is 10.7. The topological polar surface area (TPSA) is 89.7 Å². The highest BCUT2D eigenvalue weighted by Crippen LogP contribution is 2.29. The van der Waals surface area contributed by atoms with Gasteiger partial charge in [-0.25, -0.2) is 4.98 Å². The third kappa shape index (κ3) is 5.42. The quantitative estimate of drug-likeness (QED) is 0.370. The lowest BCUT2D eigenvalue weighted by Gasteiger charge is -2.37. The van der Waals surface area contributed by atoms with Crippen LogP contribution >= 0.6 is 23.6 Å². The van der Waals surface area contributed by atoms with Crippen molar-refractivity contribution in [2.24, 2.45) is 0 Å². The molecule has 194 valence electrons. The summed E-state index contributed by atoms with van der Waals surface area (Å²) >= 11 is 7.30. The Labute approximate surface area is 227 Å². The number of rotatable bonds is 5. The Morgan fingerprint density at radius 1 is 0.811 bits per heavy atom. The molecule has 3 fully saturated rings. The summed E-state index contributed by atoms with van der Waals surface area (Å²) in [5.74, 6) is 2.99. The third-order valence-electron chi connectivity index (χ3n) is 7.30. The van der Waals surface area contributed by atoms with Crippen molar-refractivity contribution in [2.45, 2.75) is 25.7 Å². The summed E-state index contributed by atoms with van der Waals surface area (Å²) in [4.78, 5) is 24.0. The molecule has 5 heterocycles. The van der Waals surface area contributed by atoms with Gasteiger partial charge in [0.15, 0.2) is 10.2 Å². The number of nitrogens with zero attached hydrogens (tertiary/aromatic N) is 7. The fourth-order valence-electron chi connectivity index (χ4n) is 5.21. The van der Waals surface area contributed by atoms with Gasteiger partial charge in [-0.3, -0.25) is 0 Å². The average Bonchev–Trinajstić information content (AvgIpc) is 3.72.